The van der Waals surface area contributed by atoms with Gasteiger partial charge in [-0.05, 0) is 48.9 Å². The Labute approximate surface area is 166 Å². The molecular weight excluding hydrogens is 350 g/mol. The van der Waals surface area contributed by atoms with Crippen molar-refractivity contribution in [2.75, 3.05) is 13.1 Å². The van der Waals surface area contributed by atoms with E-state index in [2.05, 4.69) is 17.0 Å². The molecule has 1 aliphatic carbocycles. The number of hydrogen-bond donors (Lipinski definition) is 3. The van der Waals surface area contributed by atoms with Crippen molar-refractivity contribution in [1.82, 2.24) is 9.47 Å². The normalized spacial score (nSPS) is 22.2. The predicted molar refractivity (Wildman–Crippen MR) is 109 cm³/mol. The van der Waals surface area contributed by atoms with Crippen molar-refractivity contribution in [3.05, 3.63) is 59.2 Å². The zero-order valence-corrected chi connectivity index (χ0v) is 16.2. The van der Waals surface area contributed by atoms with Crippen LogP contribution in [0.15, 0.2) is 42.6 Å². The van der Waals surface area contributed by atoms with Crippen molar-refractivity contribution in [2.24, 2.45) is 5.73 Å². The molecule has 1 unspecified atom stereocenters. The van der Waals surface area contributed by atoms with Crippen LogP contribution in [0, 0.1) is 10.8 Å². The van der Waals surface area contributed by atoms with Crippen LogP contribution in [0.1, 0.15) is 61.8 Å². The van der Waals surface area contributed by atoms with Crippen molar-refractivity contribution in [3.63, 3.8) is 0 Å². The first-order valence-corrected chi connectivity index (χ1v) is 10.3. The minimum absolute atomic E-state index is 0.0478. The summed E-state index contributed by atoms with van der Waals surface area (Å²) in [7, 11) is 0. The third-order valence-electron chi connectivity index (χ3n) is 5.82. The van der Waals surface area contributed by atoms with Crippen molar-refractivity contribution in [1.29, 1.82) is 10.8 Å². The van der Waals surface area contributed by atoms with E-state index >= 15 is 0 Å². The minimum Gasteiger partial charge on any atom is -0.484 e. The number of likely N-dealkylation sites (tertiary alicyclic amines) is 1. The van der Waals surface area contributed by atoms with Gasteiger partial charge in [-0.3, -0.25) is 15.4 Å². The Bertz CT molecular complexity index is 898. The molecule has 4 rings (SSSR count). The number of nitrogens with zero attached hydrogens (tertiary/aromatic N) is 2. The lowest BCUT2D eigenvalue weighted by atomic mass is 9.86. The molecule has 6 heteroatoms. The Kier molecular flexibility index (Phi) is 5.48. The lowest BCUT2D eigenvalue weighted by Crippen LogP contribution is -2.40. The van der Waals surface area contributed by atoms with E-state index in [1.807, 2.05) is 18.2 Å². The molecule has 4 N–H and O–H groups in total. The summed E-state index contributed by atoms with van der Waals surface area (Å²) in [6.07, 6.45) is 8.13. The first-order chi connectivity index (χ1) is 13.6. The number of nitrogens with one attached hydrogen (secondary N) is 2. The molecule has 2 atom stereocenters. The smallest absolute Gasteiger partial charge is 0.203 e. The highest BCUT2D eigenvalue weighted by atomic mass is 16.5. The average Bonchev–Trinajstić information content (AvgIpc) is 3.01. The zero-order valence-electron chi connectivity index (χ0n) is 16.2. The van der Waals surface area contributed by atoms with Crippen LogP contribution >= 0.6 is 0 Å². The summed E-state index contributed by atoms with van der Waals surface area (Å²) in [6.45, 7) is 1.76. The molecule has 0 radical (unpaired) electrons. The molecule has 148 valence electrons. The van der Waals surface area contributed by atoms with Gasteiger partial charge in [-0.1, -0.05) is 37.1 Å². The van der Waals surface area contributed by atoms with Crippen LogP contribution in [-0.4, -0.2) is 28.5 Å². The van der Waals surface area contributed by atoms with Gasteiger partial charge in [-0.15, -0.1) is 0 Å². The van der Waals surface area contributed by atoms with Crippen LogP contribution in [-0.2, 0) is 0 Å². The zero-order chi connectivity index (χ0) is 19.5. The average molecular weight is 380 g/mol. The Hall–Kier alpha value is -2.60. The van der Waals surface area contributed by atoms with Gasteiger partial charge in [0, 0.05) is 19.1 Å². The molecule has 28 heavy (non-hydrogen) atoms. The van der Waals surface area contributed by atoms with Crippen LogP contribution in [0.25, 0.3) is 0 Å². The maximum atomic E-state index is 8.62. The Balaban J connectivity index is 1.57. The molecule has 1 aromatic carbocycles. The maximum Gasteiger partial charge on any atom is 0.203 e. The standard InChI is InChI=1S/C22H29N5O/c23-19-10-11-20(18-8-4-3-7-17(18)19)28-16-9-12-21(24)27(15-16)22(25)26-13-5-1-2-6-14-26/h3-4,7-9,12,15,19-20,24-25H,1-2,5-6,10-11,13-14,23H2/t19-,20?/m0/s1. The summed E-state index contributed by atoms with van der Waals surface area (Å²) in [6, 6.07) is 11.8. The lowest BCUT2D eigenvalue weighted by molar-refractivity contribution is 0.176. The second-order valence-corrected chi connectivity index (χ2v) is 7.76. The summed E-state index contributed by atoms with van der Waals surface area (Å²) in [4.78, 5) is 2.07. The first kappa shape index (κ1) is 18.7. The van der Waals surface area contributed by atoms with Crippen molar-refractivity contribution >= 4 is 5.96 Å². The van der Waals surface area contributed by atoms with Crippen molar-refractivity contribution < 1.29 is 4.74 Å². The van der Waals surface area contributed by atoms with E-state index in [9.17, 15) is 0 Å². The van der Waals surface area contributed by atoms with Gasteiger partial charge in [-0.2, -0.15) is 0 Å². The third-order valence-corrected chi connectivity index (χ3v) is 5.82. The molecule has 6 nitrogen and oxygen atoms in total. The Morgan fingerprint density at radius 3 is 2.43 bits per heavy atom. The van der Waals surface area contributed by atoms with Crippen LogP contribution in [0.5, 0.6) is 5.75 Å². The van der Waals surface area contributed by atoms with Crippen LogP contribution < -0.4 is 16.0 Å². The van der Waals surface area contributed by atoms with Crippen molar-refractivity contribution in [3.8, 4) is 5.75 Å². The largest absolute Gasteiger partial charge is 0.484 e. The van der Waals surface area contributed by atoms with E-state index in [1.165, 1.54) is 12.8 Å². The number of aromatic nitrogens is 1. The van der Waals surface area contributed by atoms with Gasteiger partial charge in [0.05, 0.1) is 6.20 Å². The van der Waals surface area contributed by atoms with E-state index in [1.54, 1.807) is 16.8 Å². The third kappa shape index (κ3) is 3.83. The molecule has 0 amide bonds. The fourth-order valence-electron chi connectivity index (χ4n) is 4.23. The second kappa shape index (κ2) is 8.19. The van der Waals surface area contributed by atoms with E-state index in [-0.39, 0.29) is 12.1 Å². The number of fused-ring (bicyclic) bond motifs is 1. The van der Waals surface area contributed by atoms with Gasteiger partial charge < -0.3 is 15.4 Å². The van der Waals surface area contributed by atoms with Crippen molar-refractivity contribution in [2.45, 2.75) is 50.7 Å². The number of pyridine rings is 1. The van der Waals surface area contributed by atoms with Gasteiger partial charge in [0.25, 0.3) is 0 Å². The molecule has 0 spiro atoms. The van der Waals surface area contributed by atoms with Gasteiger partial charge in [0.2, 0.25) is 5.96 Å². The fraction of sp³-hybridized carbons (Fsp3) is 0.455. The molecule has 2 heterocycles. The quantitative estimate of drug-likeness (QED) is 0.550. The van der Waals surface area contributed by atoms with E-state index in [0.717, 1.165) is 49.9 Å². The Morgan fingerprint density at radius 1 is 0.964 bits per heavy atom. The molecule has 0 saturated carbocycles. The highest BCUT2D eigenvalue weighted by Gasteiger charge is 2.26. The summed E-state index contributed by atoms with van der Waals surface area (Å²) in [5.74, 6) is 1.05. The van der Waals surface area contributed by atoms with Gasteiger partial charge >= 0.3 is 0 Å². The molecule has 1 saturated heterocycles. The Morgan fingerprint density at radius 2 is 1.68 bits per heavy atom. The summed E-state index contributed by atoms with van der Waals surface area (Å²) in [5.41, 5.74) is 8.86. The van der Waals surface area contributed by atoms with Crippen LogP contribution in [0.3, 0.4) is 0 Å². The highest BCUT2D eigenvalue weighted by Crippen LogP contribution is 2.37. The van der Waals surface area contributed by atoms with Gasteiger partial charge in [0.1, 0.15) is 17.3 Å². The molecule has 0 bridgehead atoms. The fourth-order valence-corrected chi connectivity index (χ4v) is 4.23. The first-order valence-electron chi connectivity index (χ1n) is 10.3. The molecule has 1 fully saturated rings. The number of benzene rings is 1. The van der Waals surface area contributed by atoms with Gasteiger partial charge in [0.15, 0.2) is 0 Å². The van der Waals surface area contributed by atoms with Gasteiger partial charge in [-0.25, -0.2) is 0 Å². The number of hydrogen-bond acceptors (Lipinski definition) is 4. The monoisotopic (exact) mass is 379 g/mol. The summed E-state index contributed by atoms with van der Waals surface area (Å²) < 4.78 is 7.94. The van der Waals surface area contributed by atoms with Crippen LogP contribution in [0.4, 0.5) is 0 Å². The molecule has 1 aromatic heterocycles. The molecule has 1 aliphatic heterocycles. The van der Waals surface area contributed by atoms with E-state index < -0.39 is 0 Å². The highest BCUT2D eigenvalue weighted by molar-refractivity contribution is 5.79. The number of ether oxygens (including phenoxy) is 1. The second-order valence-electron chi connectivity index (χ2n) is 7.76. The van der Waals surface area contributed by atoms with E-state index in [0.29, 0.717) is 17.2 Å². The minimum atomic E-state index is -0.0478. The lowest BCUT2D eigenvalue weighted by Gasteiger charge is -2.30. The predicted octanol–water partition coefficient (Wildman–Crippen LogP) is 3.54. The van der Waals surface area contributed by atoms with Crippen LogP contribution in [0.2, 0.25) is 0 Å². The molecule has 2 aliphatic rings. The SMILES string of the molecule is N=C(N1CCCCCC1)n1cc(OC2CC[C@H](N)c3ccccc32)ccc1=N. The topological polar surface area (TPSA) is 91.1 Å². The molecular formula is C22H29N5O. The number of rotatable bonds is 2. The van der Waals surface area contributed by atoms with E-state index in [4.69, 9.17) is 21.3 Å². The summed E-state index contributed by atoms with van der Waals surface area (Å²) >= 11 is 0. The molecule has 2 aromatic rings. The maximum absolute atomic E-state index is 8.62. The summed E-state index contributed by atoms with van der Waals surface area (Å²) in [5, 5.41) is 16.9. The number of nitrogens with two attached hydrogens (primary N) is 1.